The molecule has 2 nitrogen and oxygen atoms in total. The van der Waals surface area contributed by atoms with Gasteiger partial charge >= 0.3 is 0 Å². The Bertz CT molecular complexity index is 801. The van der Waals surface area contributed by atoms with Crippen LogP contribution < -0.4 is 0 Å². The molecule has 0 saturated carbocycles. The van der Waals surface area contributed by atoms with E-state index in [1.54, 1.807) is 35.7 Å². The number of hydrogen-bond donors (Lipinski definition) is 0. The minimum absolute atomic E-state index is 0.134. The number of rotatable bonds is 3. The summed E-state index contributed by atoms with van der Waals surface area (Å²) in [7, 11) is 0. The van der Waals surface area contributed by atoms with Crippen LogP contribution in [0.25, 0.3) is 11.3 Å². The van der Waals surface area contributed by atoms with Crippen molar-refractivity contribution in [1.29, 1.82) is 0 Å². The molecule has 104 valence electrons. The molecule has 0 aliphatic rings. The van der Waals surface area contributed by atoms with Crippen molar-refractivity contribution in [3.63, 3.8) is 0 Å². The molecule has 2 aromatic carbocycles. The molecule has 0 radical (unpaired) electrons. The largest absolute Gasteiger partial charge is 0.286 e. The van der Waals surface area contributed by atoms with Crippen molar-refractivity contribution in [3.05, 3.63) is 75.3 Å². The van der Waals surface area contributed by atoms with Gasteiger partial charge < -0.3 is 0 Å². The maximum atomic E-state index is 13.1. The van der Waals surface area contributed by atoms with E-state index in [0.29, 0.717) is 21.8 Å². The second kappa shape index (κ2) is 5.76. The normalized spacial score (nSPS) is 10.6. The van der Waals surface area contributed by atoms with Crippen molar-refractivity contribution in [2.24, 2.45) is 0 Å². The van der Waals surface area contributed by atoms with Crippen LogP contribution in [0.3, 0.4) is 0 Å². The molecule has 3 aromatic rings. The number of halogens is 2. The van der Waals surface area contributed by atoms with Gasteiger partial charge in [-0.1, -0.05) is 41.9 Å². The first-order chi connectivity index (χ1) is 10.1. The smallest absolute Gasteiger partial charge is 0.221 e. The number of aromatic nitrogens is 1. The predicted octanol–water partition coefficient (Wildman–Crippen LogP) is 4.83. The highest BCUT2D eigenvalue weighted by Crippen LogP contribution is 2.30. The van der Waals surface area contributed by atoms with Crippen molar-refractivity contribution in [2.45, 2.75) is 0 Å². The van der Waals surface area contributed by atoms with Crippen molar-refractivity contribution in [3.8, 4) is 11.3 Å². The molecule has 0 spiro atoms. The molecule has 0 N–H and O–H groups in total. The summed E-state index contributed by atoms with van der Waals surface area (Å²) in [5.74, 6) is -0.537. The Balaban J connectivity index is 1.95. The van der Waals surface area contributed by atoms with E-state index in [4.69, 9.17) is 11.6 Å². The minimum Gasteiger partial charge on any atom is -0.286 e. The molecule has 0 aliphatic heterocycles. The summed E-state index contributed by atoms with van der Waals surface area (Å²) in [6.07, 6.45) is 0. The van der Waals surface area contributed by atoms with E-state index >= 15 is 0 Å². The molecule has 0 bridgehead atoms. The van der Waals surface area contributed by atoms with Gasteiger partial charge in [-0.15, -0.1) is 11.3 Å². The minimum atomic E-state index is -0.403. The quantitative estimate of drug-likeness (QED) is 0.647. The van der Waals surface area contributed by atoms with E-state index < -0.39 is 5.82 Å². The molecule has 1 aromatic heterocycles. The van der Waals surface area contributed by atoms with Crippen LogP contribution in [0.2, 0.25) is 5.02 Å². The lowest BCUT2D eigenvalue weighted by Crippen LogP contribution is -2.00. The fourth-order valence-electron chi connectivity index (χ4n) is 1.91. The van der Waals surface area contributed by atoms with Gasteiger partial charge in [-0.3, -0.25) is 4.79 Å². The Labute approximate surface area is 129 Å². The van der Waals surface area contributed by atoms with Crippen molar-refractivity contribution < 1.29 is 9.18 Å². The summed E-state index contributed by atoms with van der Waals surface area (Å²) in [5, 5.41) is 2.41. The fourth-order valence-corrected chi connectivity index (χ4v) is 2.95. The molecule has 1 heterocycles. The van der Waals surface area contributed by atoms with E-state index in [9.17, 15) is 9.18 Å². The van der Waals surface area contributed by atoms with Gasteiger partial charge in [0.15, 0.2) is 5.01 Å². The summed E-state index contributed by atoms with van der Waals surface area (Å²) < 4.78 is 13.1. The number of benzene rings is 2. The van der Waals surface area contributed by atoms with Gasteiger partial charge in [-0.25, -0.2) is 9.37 Å². The van der Waals surface area contributed by atoms with E-state index in [0.717, 1.165) is 0 Å². The van der Waals surface area contributed by atoms with Crippen LogP contribution in [0, 0.1) is 5.82 Å². The Morgan fingerprint density at radius 2 is 1.90 bits per heavy atom. The van der Waals surface area contributed by atoms with Crippen LogP contribution in [-0.4, -0.2) is 10.8 Å². The second-order valence-corrected chi connectivity index (χ2v) is 5.62. The molecule has 0 atom stereocenters. The van der Waals surface area contributed by atoms with E-state index in [-0.39, 0.29) is 10.8 Å². The molecular formula is C16H9ClFNOS. The number of thiazole rings is 1. The van der Waals surface area contributed by atoms with Gasteiger partial charge in [0.25, 0.3) is 0 Å². The van der Waals surface area contributed by atoms with Crippen molar-refractivity contribution in [2.75, 3.05) is 0 Å². The topological polar surface area (TPSA) is 30.0 Å². The summed E-state index contributed by atoms with van der Waals surface area (Å²) in [5.41, 5.74) is 1.77. The highest BCUT2D eigenvalue weighted by atomic mass is 35.5. The lowest BCUT2D eigenvalue weighted by molar-refractivity contribution is 0.103. The molecule has 0 aliphatic carbocycles. The third kappa shape index (κ3) is 2.86. The first kappa shape index (κ1) is 13.9. The summed E-state index contributed by atoms with van der Waals surface area (Å²) in [6.45, 7) is 0. The van der Waals surface area contributed by atoms with Crippen LogP contribution in [-0.2, 0) is 0 Å². The monoisotopic (exact) mass is 317 g/mol. The molecule has 0 fully saturated rings. The second-order valence-electron chi connectivity index (χ2n) is 4.36. The van der Waals surface area contributed by atoms with Crippen LogP contribution >= 0.6 is 22.9 Å². The zero-order valence-corrected chi connectivity index (χ0v) is 12.3. The lowest BCUT2D eigenvalue weighted by atomic mass is 10.1. The maximum absolute atomic E-state index is 13.1. The van der Waals surface area contributed by atoms with E-state index in [1.165, 1.54) is 23.5 Å². The zero-order chi connectivity index (χ0) is 14.8. The van der Waals surface area contributed by atoms with Crippen LogP contribution in [0.5, 0.6) is 0 Å². The molecule has 21 heavy (non-hydrogen) atoms. The van der Waals surface area contributed by atoms with Gasteiger partial charge in [0.2, 0.25) is 5.78 Å². The molecule has 5 heteroatoms. The van der Waals surface area contributed by atoms with Crippen LogP contribution in [0.4, 0.5) is 4.39 Å². The first-order valence-electron chi connectivity index (χ1n) is 6.16. The Morgan fingerprint density at radius 3 is 2.62 bits per heavy atom. The van der Waals surface area contributed by atoms with Gasteiger partial charge in [-0.2, -0.15) is 0 Å². The van der Waals surface area contributed by atoms with E-state index in [1.807, 2.05) is 6.07 Å². The van der Waals surface area contributed by atoms with Gasteiger partial charge in [0.05, 0.1) is 10.7 Å². The molecule has 3 rings (SSSR count). The molecule has 0 amide bonds. The highest BCUT2D eigenvalue weighted by Gasteiger charge is 2.15. The lowest BCUT2D eigenvalue weighted by Gasteiger charge is -2.00. The number of carbonyl (C=O) groups is 1. The molecule has 0 saturated heterocycles. The predicted molar refractivity (Wildman–Crippen MR) is 82.4 cm³/mol. The molecular weight excluding hydrogens is 309 g/mol. The van der Waals surface area contributed by atoms with Crippen molar-refractivity contribution >= 4 is 28.7 Å². The van der Waals surface area contributed by atoms with Crippen LogP contribution in [0.15, 0.2) is 53.9 Å². The van der Waals surface area contributed by atoms with Gasteiger partial charge in [0, 0.05) is 16.5 Å². The summed E-state index contributed by atoms with van der Waals surface area (Å²) in [4.78, 5) is 16.6. The van der Waals surface area contributed by atoms with E-state index in [2.05, 4.69) is 4.98 Å². The Morgan fingerprint density at radius 1 is 1.14 bits per heavy atom. The fraction of sp³-hybridized carbons (Fsp3) is 0. The molecule has 0 unspecified atom stereocenters. The average molecular weight is 318 g/mol. The Hall–Kier alpha value is -2.04. The number of ketones is 1. The summed E-state index contributed by atoms with van der Waals surface area (Å²) in [6, 6.07) is 13.1. The first-order valence-corrected chi connectivity index (χ1v) is 7.41. The Kier molecular flexibility index (Phi) is 3.82. The summed E-state index contributed by atoms with van der Waals surface area (Å²) >= 11 is 7.26. The highest BCUT2D eigenvalue weighted by molar-refractivity contribution is 7.12. The number of nitrogens with zero attached hydrogens (tertiary/aromatic N) is 1. The zero-order valence-electron chi connectivity index (χ0n) is 10.7. The van der Waals surface area contributed by atoms with Crippen LogP contribution in [0.1, 0.15) is 15.4 Å². The maximum Gasteiger partial charge on any atom is 0.221 e. The number of hydrogen-bond acceptors (Lipinski definition) is 3. The number of carbonyl (C=O) groups excluding carboxylic acids is 1. The average Bonchev–Trinajstić information content (AvgIpc) is 2.97. The standard InChI is InChI=1S/C16H9ClFNOS/c17-13-8-11(18)6-7-12(13)14-9-21-16(19-14)15(20)10-4-2-1-3-5-10/h1-9H. The third-order valence-corrected chi connectivity index (χ3v) is 4.10. The van der Waals surface area contributed by atoms with Gasteiger partial charge in [0.1, 0.15) is 5.82 Å². The van der Waals surface area contributed by atoms with Gasteiger partial charge in [-0.05, 0) is 18.2 Å². The van der Waals surface area contributed by atoms with Crippen molar-refractivity contribution in [1.82, 2.24) is 4.98 Å². The SMILES string of the molecule is O=C(c1ccccc1)c1nc(-c2ccc(F)cc2Cl)cs1. The third-order valence-electron chi connectivity index (χ3n) is 2.94.